The first-order chi connectivity index (χ1) is 20.9. The lowest BCUT2D eigenvalue weighted by Crippen LogP contribution is -2.08. The van der Waals surface area contributed by atoms with Crippen LogP contribution < -0.4 is 11.5 Å². The first-order valence-corrected chi connectivity index (χ1v) is 12.7. The first-order valence-electron chi connectivity index (χ1n) is 11.2. The van der Waals surface area contributed by atoms with Crippen LogP contribution in [0.4, 0.5) is 38.0 Å². The molecule has 0 atom stereocenters. The van der Waals surface area contributed by atoms with E-state index in [0.29, 0.717) is 24.0 Å². The largest absolute Gasteiger partial charge is 0.416 e. The van der Waals surface area contributed by atoms with E-state index in [-0.39, 0.29) is 60.1 Å². The predicted octanol–water partition coefficient (Wildman–Crippen LogP) is 7.44. The number of aromatic nitrogens is 4. The number of alkyl halides is 6. The van der Waals surface area contributed by atoms with E-state index in [0.717, 1.165) is 21.5 Å². The standard InChI is InChI=1S/C12H5Cl2F3N4O.C12H7Cl2F3N4.H2O2/c13-7-1-5(12(15,16)17)2-8(14)10(7)21-11(19)6(4-22)9(3-18)20-21;1-5-9(4-18)20-21(11(5)19)10-7(13)2-6(3-8(10)14)12(15,16)17;1-2/h1-2,4H,19H2;2-3H,19H2,1H3;1-2H. The van der Waals surface area contributed by atoms with Crippen LogP contribution in [-0.2, 0) is 12.4 Å². The molecule has 0 aliphatic carbocycles. The normalized spacial score (nSPS) is 11.0. The fourth-order valence-corrected chi connectivity index (χ4v) is 4.76. The van der Waals surface area contributed by atoms with Gasteiger partial charge in [0.25, 0.3) is 0 Å². The molecule has 0 saturated carbocycles. The molecule has 2 heterocycles. The summed E-state index contributed by atoms with van der Waals surface area (Å²) in [7, 11) is 0. The number of rotatable bonds is 3. The van der Waals surface area contributed by atoms with Crippen LogP contribution in [0.25, 0.3) is 11.4 Å². The van der Waals surface area contributed by atoms with E-state index in [1.165, 1.54) is 0 Å². The van der Waals surface area contributed by atoms with Crippen molar-refractivity contribution in [1.82, 2.24) is 19.6 Å². The van der Waals surface area contributed by atoms with Gasteiger partial charge in [0, 0.05) is 5.56 Å². The lowest BCUT2D eigenvalue weighted by atomic mass is 10.2. The Bertz CT molecular complexity index is 1800. The van der Waals surface area contributed by atoms with Crippen LogP contribution in [0, 0.1) is 29.6 Å². The van der Waals surface area contributed by atoms with Crippen LogP contribution in [0.2, 0.25) is 20.1 Å². The minimum atomic E-state index is -4.63. The number of benzene rings is 2. The van der Waals surface area contributed by atoms with Gasteiger partial charge in [-0.05, 0) is 31.2 Å². The number of anilines is 2. The monoisotopic (exact) mass is 716 g/mol. The summed E-state index contributed by atoms with van der Waals surface area (Å²) in [5.41, 5.74) is 9.20. The molecule has 0 saturated heterocycles. The molecule has 238 valence electrons. The number of nitriles is 2. The second-order valence-corrected chi connectivity index (χ2v) is 9.87. The molecule has 45 heavy (non-hydrogen) atoms. The van der Waals surface area contributed by atoms with Crippen molar-refractivity contribution in [1.29, 1.82) is 10.5 Å². The number of nitrogens with two attached hydrogens (primary N) is 2. The fraction of sp³-hybridized carbons (Fsp3) is 0.125. The molecule has 0 bridgehead atoms. The number of carbonyl (C=O) groups excluding carboxylic acids is 1. The second-order valence-electron chi connectivity index (χ2n) is 8.24. The Hall–Kier alpha value is -4.23. The molecule has 0 unspecified atom stereocenters. The molecule has 11 nitrogen and oxygen atoms in total. The van der Waals surface area contributed by atoms with E-state index in [2.05, 4.69) is 10.2 Å². The summed E-state index contributed by atoms with van der Waals surface area (Å²) in [6.07, 6.45) is -8.90. The van der Waals surface area contributed by atoms with Crippen LogP contribution in [-0.4, -0.2) is 36.4 Å². The third-order valence-electron chi connectivity index (χ3n) is 5.57. The Morgan fingerprint density at radius 3 is 1.36 bits per heavy atom. The molecule has 0 radical (unpaired) electrons. The third-order valence-corrected chi connectivity index (χ3v) is 6.72. The van der Waals surface area contributed by atoms with Crippen LogP contribution in [0.5, 0.6) is 0 Å². The van der Waals surface area contributed by atoms with Gasteiger partial charge in [-0.25, -0.2) is 9.36 Å². The highest BCUT2D eigenvalue weighted by Gasteiger charge is 2.34. The quantitative estimate of drug-likeness (QED) is 0.0721. The Kier molecular flexibility index (Phi) is 11.7. The van der Waals surface area contributed by atoms with Crippen LogP contribution in [0.1, 0.15) is 38.4 Å². The number of nitrogens with zero attached hydrogens (tertiary/aromatic N) is 6. The van der Waals surface area contributed by atoms with Gasteiger partial charge >= 0.3 is 12.4 Å². The van der Waals surface area contributed by atoms with Crippen LogP contribution >= 0.6 is 46.4 Å². The molecule has 2 aromatic carbocycles. The summed E-state index contributed by atoms with van der Waals surface area (Å²) >= 11 is 23.4. The molecule has 6 N–H and O–H groups in total. The van der Waals surface area contributed by atoms with Crippen LogP contribution in [0.3, 0.4) is 0 Å². The first kappa shape index (κ1) is 37.0. The van der Waals surface area contributed by atoms with Crippen molar-refractivity contribution < 1.29 is 41.7 Å². The van der Waals surface area contributed by atoms with Crippen molar-refractivity contribution in [3.63, 3.8) is 0 Å². The van der Waals surface area contributed by atoms with E-state index in [9.17, 15) is 31.1 Å². The molecule has 4 aromatic rings. The molecule has 4 rings (SSSR count). The predicted molar refractivity (Wildman–Crippen MR) is 151 cm³/mol. The van der Waals surface area contributed by atoms with Crippen molar-refractivity contribution in [3.05, 3.63) is 78.0 Å². The molecular weight excluding hydrogens is 704 g/mol. The minimum Gasteiger partial charge on any atom is -0.383 e. The third kappa shape index (κ3) is 7.71. The number of nitrogen functional groups attached to an aromatic ring is 2. The summed E-state index contributed by atoms with van der Waals surface area (Å²) in [5.74, 6) is -0.176. The number of aldehydes is 1. The van der Waals surface area contributed by atoms with E-state index in [4.69, 9.17) is 78.9 Å². The number of hydrogen-bond donors (Lipinski definition) is 4. The van der Waals surface area contributed by atoms with Gasteiger partial charge in [0.2, 0.25) is 0 Å². The highest BCUT2D eigenvalue weighted by atomic mass is 35.5. The Balaban J connectivity index is 0.000000297. The van der Waals surface area contributed by atoms with Crippen molar-refractivity contribution in [2.45, 2.75) is 19.3 Å². The van der Waals surface area contributed by atoms with Gasteiger partial charge in [-0.2, -0.15) is 47.1 Å². The fourth-order valence-electron chi connectivity index (χ4n) is 3.46. The zero-order valence-electron chi connectivity index (χ0n) is 21.8. The van der Waals surface area contributed by atoms with Gasteiger partial charge in [-0.3, -0.25) is 15.3 Å². The van der Waals surface area contributed by atoms with Gasteiger partial charge < -0.3 is 11.5 Å². The smallest absolute Gasteiger partial charge is 0.383 e. The van der Waals surface area contributed by atoms with Gasteiger partial charge in [0.05, 0.1) is 36.8 Å². The maximum Gasteiger partial charge on any atom is 0.416 e. The Labute approximate surface area is 267 Å². The molecule has 2 aromatic heterocycles. The molecule has 0 fully saturated rings. The number of hydrogen-bond acceptors (Lipinski definition) is 9. The zero-order chi connectivity index (χ0) is 34.6. The van der Waals surface area contributed by atoms with E-state index in [1.807, 2.05) is 6.07 Å². The summed E-state index contributed by atoms with van der Waals surface area (Å²) in [4.78, 5) is 10.9. The molecular formula is C24H14Cl4F6N8O3. The lowest BCUT2D eigenvalue weighted by Gasteiger charge is -2.13. The van der Waals surface area contributed by atoms with E-state index >= 15 is 0 Å². The molecule has 0 spiro atoms. The highest BCUT2D eigenvalue weighted by molar-refractivity contribution is 6.38. The van der Waals surface area contributed by atoms with Crippen LogP contribution in [0.15, 0.2) is 24.3 Å². The Morgan fingerprint density at radius 1 is 0.756 bits per heavy atom. The molecule has 21 heteroatoms. The van der Waals surface area contributed by atoms with Crippen molar-refractivity contribution in [2.75, 3.05) is 11.5 Å². The lowest BCUT2D eigenvalue weighted by molar-refractivity contribution is -0.176. The second kappa shape index (κ2) is 14.2. The highest BCUT2D eigenvalue weighted by Crippen LogP contribution is 2.40. The van der Waals surface area contributed by atoms with Gasteiger partial charge in [0.1, 0.15) is 35.1 Å². The average Bonchev–Trinajstić information content (AvgIpc) is 3.43. The SMILES string of the molecule is Cc1c(C#N)nn(-c2c(Cl)cc(C(F)(F)F)cc2Cl)c1N.N#Cc1nn(-c2c(Cl)cc(C(F)(F)F)cc2Cl)c(N)c1C=O.OO. The van der Waals surface area contributed by atoms with Gasteiger partial charge in [-0.1, -0.05) is 46.4 Å². The maximum atomic E-state index is 12.7. The summed E-state index contributed by atoms with van der Waals surface area (Å²) in [6.45, 7) is 1.56. The van der Waals surface area contributed by atoms with Crippen molar-refractivity contribution in [2.24, 2.45) is 0 Å². The summed E-state index contributed by atoms with van der Waals surface area (Å²) < 4.78 is 78.0. The van der Waals surface area contributed by atoms with Crippen molar-refractivity contribution >= 4 is 64.3 Å². The topological polar surface area (TPSA) is 193 Å². The van der Waals surface area contributed by atoms with E-state index < -0.39 is 23.5 Å². The van der Waals surface area contributed by atoms with E-state index in [1.54, 1.807) is 13.0 Å². The average molecular weight is 718 g/mol. The summed E-state index contributed by atoms with van der Waals surface area (Å²) in [6, 6.07) is 6.22. The van der Waals surface area contributed by atoms with Gasteiger partial charge in [-0.15, -0.1) is 0 Å². The van der Waals surface area contributed by atoms with Crippen molar-refractivity contribution in [3.8, 4) is 23.5 Å². The molecule has 0 amide bonds. The molecule has 0 aliphatic heterocycles. The Morgan fingerprint density at radius 2 is 1.09 bits per heavy atom. The number of halogens is 10. The number of carbonyl (C=O) groups is 1. The maximum absolute atomic E-state index is 12.7. The molecule has 0 aliphatic rings. The van der Waals surface area contributed by atoms with Gasteiger partial charge in [0.15, 0.2) is 17.7 Å². The zero-order valence-corrected chi connectivity index (χ0v) is 24.8. The summed E-state index contributed by atoms with van der Waals surface area (Å²) in [5, 5.41) is 36.1. The minimum absolute atomic E-state index is 0.00608.